The van der Waals surface area contributed by atoms with Crippen LogP contribution in [-0.2, 0) is 12.0 Å². The normalized spacial score (nSPS) is 13.8. The number of hydrogen-bond donors (Lipinski definition) is 0. The summed E-state index contributed by atoms with van der Waals surface area (Å²) in [6.45, 7) is 6.37. The summed E-state index contributed by atoms with van der Waals surface area (Å²) in [6, 6.07) is 11.9. The van der Waals surface area contributed by atoms with Gasteiger partial charge in [0.05, 0.1) is 40.6 Å². The molecular formula is C25H21F3N4O. The smallest absolute Gasteiger partial charge is 0.406 e. The van der Waals surface area contributed by atoms with Crippen LogP contribution in [0.4, 0.5) is 13.2 Å². The Morgan fingerprint density at radius 2 is 1.79 bits per heavy atom. The van der Waals surface area contributed by atoms with Crippen molar-refractivity contribution in [2.75, 3.05) is 0 Å². The van der Waals surface area contributed by atoms with Crippen molar-refractivity contribution in [1.82, 2.24) is 19.5 Å². The van der Waals surface area contributed by atoms with Gasteiger partial charge >= 0.3 is 6.36 Å². The van der Waals surface area contributed by atoms with E-state index < -0.39 is 6.36 Å². The van der Waals surface area contributed by atoms with Crippen LogP contribution in [0.2, 0.25) is 0 Å². The third-order valence-electron chi connectivity index (χ3n) is 5.55. The number of fused-ring (bicyclic) bond motifs is 2. The fraction of sp³-hybridized carbons (Fsp3) is 0.240. The molecule has 0 bridgehead atoms. The number of nitrogens with zero attached hydrogens (tertiary/aromatic N) is 4. The molecule has 0 spiro atoms. The van der Waals surface area contributed by atoms with E-state index in [1.807, 2.05) is 18.5 Å². The Morgan fingerprint density at radius 3 is 2.55 bits per heavy atom. The van der Waals surface area contributed by atoms with Crippen LogP contribution in [-0.4, -0.2) is 25.9 Å². The lowest BCUT2D eigenvalue weighted by atomic mass is 10.0. The van der Waals surface area contributed by atoms with Crippen molar-refractivity contribution < 1.29 is 17.9 Å². The predicted molar refractivity (Wildman–Crippen MR) is 120 cm³/mol. The zero-order valence-electron chi connectivity index (χ0n) is 18.3. The highest BCUT2D eigenvalue weighted by atomic mass is 19.4. The molecule has 0 saturated heterocycles. The van der Waals surface area contributed by atoms with Gasteiger partial charge in [-0.1, -0.05) is 24.3 Å². The molecule has 4 aromatic rings. The first-order valence-electron chi connectivity index (χ1n) is 10.5. The number of alkyl halides is 3. The van der Waals surface area contributed by atoms with E-state index in [1.165, 1.54) is 18.2 Å². The van der Waals surface area contributed by atoms with E-state index in [1.54, 1.807) is 12.3 Å². The Kier molecular flexibility index (Phi) is 4.77. The summed E-state index contributed by atoms with van der Waals surface area (Å²) in [4.78, 5) is 13.8. The Balaban J connectivity index is 1.53. The lowest BCUT2D eigenvalue weighted by Gasteiger charge is -2.22. The van der Waals surface area contributed by atoms with Crippen LogP contribution >= 0.6 is 0 Å². The standard InChI is InChI=1S/C25H21F3N4O/c1-24(2,3)32-14-30-19-9-7-15(12-22(19)32)18-8-10-20-23(18)31-21(13-29-20)16-5-4-6-17(11-16)33-25(26,27)28/h4-9,11-14H,10H2,1-3H3. The Morgan fingerprint density at radius 1 is 0.970 bits per heavy atom. The maximum atomic E-state index is 12.6. The second-order valence-corrected chi connectivity index (χ2v) is 8.94. The predicted octanol–water partition coefficient (Wildman–Crippen LogP) is 6.13. The minimum Gasteiger partial charge on any atom is -0.406 e. The van der Waals surface area contributed by atoms with Gasteiger partial charge in [0.25, 0.3) is 0 Å². The van der Waals surface area contributed by atoms with E-state index in [0.717, 1.165) is 33.6 Å². The monoisotopic (exact) mass is 450 g/mol. The zero-order valence-corrected chi connectivity index (χ0v) is 18.3. The highest BCUT2D eigenvalue weighted by molar-refractivity contribution is 5.88. The summed E-state index contributed by atoms with van der Waals surface area (Å²) in [5.74, 6) is -0.293. The Bertz CT molecular complexity index is 1400. The van der Waals surface area contributed by atoms with E-state index in [4.69, 9.17) is 4.98 Å². The van der Waals surface area contributed by atoms with Gasteiger partial charge in [-0.3, -0.25) is 4.98 Å². The highest BCUT2D eigenvalue weighted by Crippen LogP contribution is 2.35. The quantitative estimate of drug-likeness (QED) is 0.377. The van der Waals surface area contributed by atoms with Crippen LogP contribution in [0.15, 0.2) is 61.1 Å². The number of imidazole rings is 1. The van der Waals surface area contributed by atoms with Gasteiger partial charge in [0, 0.05) is 23.1 Å². The molecule has 0 unspecified atom stereocenters. The molecule has 168 valence electrons. The minimum atomic E-state index is -4.75. The SMILES string of the molecule is CC(C)(C)n1cnc2ccc(C3=CCc4ncc(-c5cccc(OC(F)(F)F)c5)nc43)cc21. The lowest BCUT2D eigenvalue weighted by Crippen LogP contribution is -2.20. The first-order valence-corrected chi connectivity index (χ1v) is 10.5. The van der Waals surface area contributed by atoms with Gasteiger partial charge in [-0.25, -0.2) is 9.97 Å². The molecule has 0 aliphatic heterocycles. The van der Waals surface area contributed by atoms with Gasteiger partial charge in [0.2, 0.25) is 0 Å². The minimum absolute atomic E-state index is 0.119. The molecule has 1 aliphatic rings. The molecule has 0 amide bonds. The molecule has 0 N–H and O–H groups in total. The van der Waals surface area contributed by atoms with Crippen molar-refractivity contribution in [2.45, 2.75) is 39.1 Å². The number of hydrogen-bond acceptors (Lipinski definition) is 4. The summed E-state index contributed by atoms with van der Waals surface area (Å²) in [6.07, 6.45) is 1.40. The summed E-state index contributed by atoms with van der Waals surface area (Å²) in [5.41, 5.74) is 6.31. The molecule has 1 aliphatic carbocycles. The van der Waals surface area contributed by atoms with Crippen LogP contribution in [0.25, 0.3) is 27.9 Å². The highest BCUT2D eigenvalue weighted by Gasteiger charge is 2.31. The van der Waals surface area contributed by atoms with E-state index in [2.05, 4.69) is 52.2 Å². The van der Waals surface area contributed by atoms with Crippen LogP contribution < -0.4 is 4.74 Å². The summed E-state index contributed by atoms with van der Waals surface area (Å²) in [5, 5.41) is 0. The number of benzene rings is 2. The Labute approximate surface area is 188 Å². The topological polar surface area (TPSA) is 52.8 Å². The maximum absolute atomic E-state index is 12.6. The molecule has 0 atom stereocenters. The number of ether oxygens (including phenoxy) is 1. The van der Waals surface area contributed by atoms with Crippen LogP contribution in [0.1, 0.15) is 37.7 Å². The number of halogens is 3. The van der Waals surface area contributed by atoms with Gasteiger partial charge in [0.15, 0.2) is 0 Å². The van der Waals surface area contributed by atoms with Crippen molar-refractivity contribution in [1.29, 1.82) is 0 Å². The van der Waals surface area contributed by atoms with E-state index in [-0.39, 0.29) is 11.3 Å². The molecule has 5 rings (SSSR count). The van der Waals surface area contributed by atoms with Crippen molar-refractivity contribution in [2.24, 2.45) is 0 Å². The van der Waals surface area contributed by atoms with Gasteiger partial charge in [-0.15, -0.1) is 13.2 Å². The van der Waals surface area contributed by atoms with Crippen molar-refractivity contribution in [3.63, 3.8) is 0 Å². The molecule has 33 heavy (non-hydrogen) atoms. The summed E-state index contributed by atoms with van der Waals surface area (Å²) >= 11 is 0. The molecule has 2 aromatic heterocycles. The summed E-state index contributed by atoms with van der Waals surface area (Å²) in [7, 11) is 0. The molecule has 2 heterocycles. The van der Waals surface area contributed by atoms with Crippen molar-refractivity contribution in [3.05, 3.63) is 78.0 Å². The van der Waals surface area contributed by atoms with E-state index in [0.29, 0.717) is 17.7 Å². The fourth-order valence-electron chi connectivity index (χ4n) is 4.03. The van der Waals surface area contributed by atoms with E-state index in [9.17, 15) is 13.2 Å². The van der Waals surface area contributed by atoms with Gasteiger partial charge < -0.3 is 9.30 Å². The second-order valence-electron chi connectivity index (χ2n) is 8.94. The van der Waals surface area contributed by atoms with Crippen LogP contribution in [0, 0.1) is 0 Å². The number of rotatable bonds is 3. The molecular weight excluding hydrogens is 429 g/mol. The first kappa shape index (κ1) is 21.2. The molecule has 2 aromatic carbocycles. The van der Waals surface area contributed by atoms with E-state index >= 15 is 0 Å². The second kappa shape index (κ2) is 7.43. The van der Waals surface area contributed by atoms with Crippen LogP contribution in [0.3, 0.4) is 0 Å². The van der Waals surface area contributed by atoms with Crippen LogP contribution in [0.5, 0.6) is 5.75 Å². The molecule has 0 saturated carbocycles. The maximum Gasteiger partial charge on any atom is 0.573 e. The van der Waals surface area contributed by atoms with Gasteiger partial charge in [0.1, 0.15) is 5.75 Å². The molecule has 5 nitrogen and oxygen atoms in total. The lowest BCUT2D eigenvalue weighted by molar-refractivity contribution is -0.274. The first-order chi connectivity index (χ1) is 15.6. The average Bonchev–Trinajstić information content (AvgIpc) is 3.35. The fourth-order valence-corrected chi connectivity index (χ4v) is 4.03. The van der Waals surface area contributed by atoms with Gasteiger partial charge in [-0.05, 0) is 50.6 Å². The van der Waals surface area contributed by atoms with Crippen molar-refractivity contribution in [3.8, 4) is 17.0 Å². The number of allylic oxidation sites excluding steroid dienone is 1. The summed E-state index contributed by atoms with van der Waals surface area (Å²) < 4.78 is 44.0. The molecule has 0 radical (unpaired) electrons. The average molecular weight is 450 g/mol. The third kappa shape index (κ3) is 4.08. The third-order valence-corrected chi connectivity index (χ3v) is 5.55. The largest absolute Gasteiger partial charge is 0.573 e. The molecule has 8 heteroatoms. The van der Waals surface area contributed by atoms with Gasteiger partial charge in [-0.2, -0.15) is 0 Å². The van der Waals surface area contributed by atoms with Crippen molar-refractivity contribution >= 4 is 16.6 Å². The number of aromatic nitrogens is 4. The Hall–Kier alpha value is -3.68. The molecule has 0 fully saturated rings. The zero-order chi connectivity index (χ0) is 23.4.